The van der Waals surface area contributed by atoms with Crippen LogP contribution in [-0.2, 0) is 5.41 Å². The number of benzene rings is 7. The molecule has 0 bridgehead atoms. The van der Waals surface area contributed by atoms with Crippen molar-refractivity contribution in [2.24, 2.45) is 0 Å². The van der Waals surface area contributed by atoms with E-state index in [4.69, 9.17) is 0 Å². The summed E-state index contributed by atoms with van der Waals surface area (Å²) in [6, 6.07) is 53.7. The highest BCUT2D eigenvalue weighted by Crippen LogP contribution is 2.52. The zero-order valence-corrected chi connectivity index (χ0v) is 25.3. The number of fused-ring (bicyclic) bond motifs is 12. The van der Waals surface area contributed by atoms with E-state index >= 15 is 0 Å². The molecule has 10 rings (SSSR count). The van der Waals surface area contributed by atoms with Gasteiger partial charge in [-0.1, -0.05) is 117 Å². The fraction of sp³-hybridized carbons (Fsp3) is 0.0698. The minimum absolute atomic E-state index is 0.0567. The Morgan fingerprint density at radius 1 is 0.422 bits per heavy atom. The largest absolute Gasteiger partial charge is 0.309 e. The van der Waals surface area contributed by atoms with Crippen molar-refractivity contribution in [3.05, 3.63) is 157 Å². The van der Waals surface area contributed by atoms with Crippen LogP contribution in [0.25, 0.3) is 76.9 Å². The maximum Gasteiger partial charge on any atom is 0.0548 e. The van der Waals surface area contributed by atoms with Crippen molar-refractivity contribution in [3.8, 4) is 22.5 Å². The standard InChI is InChI=1S/C43H30N2/c1-43(2)32-18-9-6-15-29(32)40-33(43)19-12-22-36(40)45-35-21-11-8-17-31(35)42-38(45)26-24-27-23-25-37-41(39(27)42)30-16-7-10-20-34(30)44(37)28-13-4-3-5-14-28/h3-26H,1-2H3. The van der Waals surface area contributed by atoms with Crippen LogP contribution in [0.4, 0.5) is 0 Å². The molecule has 0 amide bonds. The monoisotopic (exact) mass is 574 g/mol. The second-order valence-electron chi connectivity index (χ2n) is 12.9. The molecule has 9 aromatic rings. The van der Waals surface area contributed by atoms with Crippen LogP contribution in [0.5, 0.6) is 0 Å². The van der Waals surface area contributed by atoms with Gasteiger partial charge in [0.1, 0.15) is 0 Å². The first-order valence-corrected chi connectivity index (χ1v) is 15.8. The predicted molar refractivity (Wildman–Crippen MR) is 190 cm³/mol. The van der Waals surface area contributed by atoms with Gasteiger partial charge in [-0.05, 0) is 64.5 Å². The summed E-state index contributed by atoms with van der Waals surface area (Å²) < 4.78 is 4.95. The molecule has 1 aliphatic carbocycles. The van der Waals surface area contributed by atoms with Gasteiger partial charge in [-0.25, -0.2) is 0 Å². The molecule has 212 valence electrons. The molecule has 2 heteroatoms. The van der Waals surface area contributed by atoms with E-state index in [-0.39, 0.29) is 5.41 Å². The zero-order valence-electron chi connectivity index (χ0n) is 25.3. The Kier molecular flexibility index (Phi) is 4.82. The number of aromatic nitrogens is 2. The Labute approximate surface area is 261 Å². The number of hydrogen-bond donors (Lipinski definition) is 0. The van der Waals surface area contributed by atoms with Crippen molar-refractivity contribution in [2.45, 2.75) is 19.3 Å². The van der Waals surface area contributed by atoms with Crippen LogP contribution in [0.15, 0.2) is 146 Å². The van der Waals surface area contributed by atoms with Gasteiger partial charge in [0.15, 0.2) is 0 Å². The lowest BCUT2D eigenvalue weighted by atomic mass is 9.82. The second-order valence-corrected chi connectivity index (χ2v) is 12.9. The van der Waals surface area contributed by atoms with Gasteiger partial charge >= 0.3 is 0 Å². The molecule has 0 saturated heterocycles. The maximum absolute atomic E-state index is 2.52. The Bertz CT molecular complexity index is 2670. The van der Waals surface area contributed by atoms with E-state index in [2.05, 4.69) is 169 Å². The molecule has 45 heavy (non-hydrogen) atoms. The molecule has 0 atom stereocenters. The Morgan fingerprint density at radius 2 is 1.00 bits per heavy atom. The average molecular weight is 575 g/mol. The molecule has 0 saturated carbocycles. The van der Waals surface area contributed by atoms with Gasteiger partial charge < -0.3 is 9.13 Å². The third-order valence-electron chi connectivity index (χ3n) is 10.3. The molecule has 2 aromatic heterocycles. The minimum Gasteiger partial charge on any atom is -0.309 e. The van der Waals surface area contributed by atoms with Crippen LogP contribution in [0.1, 0.15) is 25.0 Å². The lowest BCUT2D eigenvalue weighted by molar-refractivity contribution is 0.660. The molecule has 1 aliphatic rings. The van der Waals surface area contributed by atoms with E-state index in [9.17, 15) is 0 Å². The molecule has 0 fully saturated rings. The molecule has 0 radical (unpaired) electrons. The van der Waals surface area contributed by atoms with Crippen LogP contribution in [0.3, 0.4) is 0 Å². The first-order chi connectivity index (χ1) is 22.1. The normalized spacial score (nSPS) is 13.7. The Hall–Kier alpha value is -5.60. The summed E-state index contributed by atoms with van der Waals surface area (Å²) in [6.07, 6.45) is 0. The molecule has 0 N–H and O–H groups in total. The average Bonchev–Trinajstić information content (AvgIpc) is 3.69. The minimum atomic E-state index is -0.0567. The molecule has 0 aliphatic heterocycles. The highest BCUT2D eigenvalue weighted by atomic mass is 15.0. The van der Waals surface area contributed by atoms with E-state index < -0.39 is 0 Å². The SMILES string of the molecule is CC1(C)c2ccccc2-c2c(-n3c4ccccc4c4c5c(ccc6c5c5ccccc5n6-c5ccccc5)ccc43)cccc21. The molecular formula is C43H30N2. The van der Waals surface area contributed by atoms with Gasteiger partial charge in [0.2, 0.25) is 0 Å². The van der Waals surface area contributed by atoms with Crippen molar-refractivity contribution in [1.29, 1.82) is 0 Å². The lowest BCUT2D eigenvalue weighted by Crippen LogP contribution is -2.14. The van der Waals surface area contributed by atoms with E-state index in [0.29, 0.717) is 0 Å². The van der Waals surface area contributed by atoms with Gasteiger partial charge in [0.25, 0.3) is 0 Å². The number of hydrogen-bond acceptors (Lipinski definition) is 0. The van der Waals surface area contributed by atoms with Gasteiger partial charge in [-0.2, -0.15) is 0 Å². The third kappa shape index (κ3) is 3.13. The third-order valence-corrected chi connectivity index (χ3v) is 10.3. The summed E-state index contributed by atoms with van der Waals surface area (Å²) in [5, 5.41) is 7.77. The smallest absolute Gasteiger partial charge is 0.0548 e. The number of nitrogens with zero attached hydrogens (tertiary/aromatic N) is 2. The van der Waals surface area contributed by atoms with Crippen LogP contribution >= 0.6 is 0 Å². The first-order valence-electron chi connectivity index (χ1n) is 15.8. The number of para-hydroxylation sites is 3. The first kappa shape index (κ1) is 24.8. The van der Waals surface area contributed by atoms with Gasteiger partial charge in [-0.3, -0.25) is 0 Å². The topological polar surface area (TPSA) is 9.86 Å². The van der Waals surface area contributed by atoms with Crippen molar-refractivity contribution >= 4 is 54.4 Å². The Morgan fingerprint density at radius 3 is 1.73 bits per heavy atom. The predicted octanol–water partition coefficient (Wildman–Crippen LogP) is 11.3. The summed E-state index contributed by atoms with van der Waals surface area (Å²) in [5.74, 6) is 0. The van der Waals surface area contributed by atoms with Crippen molar-refractivity contribution in [2.75, 3.05) is 0 Å². The van der Waals surface area contributed by atoms with Crippen LogP contribution in [0, 0.1) is 0 Å². The molecule has 2 nitrogen and oxygen atoms in total. The lowest BCUT2D eigenvalue weighted by Gasteiger charge is -2.21. The fourth-order valence-electron chi connectivity index (χ4n) is 8.37. The fourth-order valence-corrected chi connectivity index (χ4v) is 8.37. The van der Waals surface area contributed by atoms with E-state index in [1.807, 2.05) is 0 Å². The van der Waals surface area contributed by atoms with E-state index in [1.54, 1.807) is 0 Å². The van der Waals surface area contributed by atoms with Crippen molar-refractivity contribution < 1.29 is 0 Å². The van der Waals surface area contributed by atoms with Gasteiger partial charge in [-0.15, -0.1) is 0 Å². The van der Waals surface area contributed by atoms with E-state index in [1.165, 1.54) is 88.0 Å². The summed E-state index contributed by atoms with van der Waals surface area (Å²) in [5.41, 5.74) is 12.8. The van der Waals surface area contributed by atoms with Crippen molar-refractivity contribution in [3.63, 3.8) is 0 Å². The summed E-state index contributed by atoms with van der Waals surface area (Å²) >= 11 is 0. The highest BCUT2D eigenvalue weighted by molar-refractivity contribution is 6.33. The Balaban J connectivity index is 1.40. The van der Waals surface area contributed by atoms with Gasteiger partial charge in [0.05, 0.1) is 27.8 Å². The zero-order chi connectivity index (χ0) is 29.9. The van der Waals surface area contributed by atoms with Gasteiger partial charge in [0, 0.05) is 43.6 Å². The quantitative estimate of drug-likeness (QED) is 0.194. The van der Waals surface area contributed by atoms with E-state index in [0.717, 1.165) is 0 Å². The summed E-state index contributed by atoms with van der Waals surface area (Å²) in [6.45, 7) is 4.72. The molecule has 2 heterocycles. The van der Waals surface area contributed by atoms with Crippen LogP contribution in [-0.4, -0.2) is 9.13 Å². The van der Waals surface area contributed by atoms with Crippen LogP contribution in [0.2, 0.25) is 0 Å². The highest BCUT2D eigenvalue weighted by Gasteiger charge is 2.37. The summed E-state index contributed by atoms with van der Waals surface area (Å²) in [4.78, 5) is 0. The summed E-state index contributed by atoms with van der Waals surface area (Å²) in [7, 11) is 0. The van der Waals surface area contributed by atoms with Crippen LogP contribution < -0.4 is 0 Å². The molecule has 0 unspecified atom stereocenters. The molecule has 7 aromatic carbocycles. The maximum atomic E-state index is 2.52. The molecule has 0 spiro atoms. The molecular weight excluding hydrogens is 544 g/mol. The number of rotatable bonds is 2. The second kappa shape index (κ2) is 8.74. The van der Waals surface area contributed by atoms with Crippen molar-refractivity contribution in [1.82, 2.24) is 9.13 Å².